The Morgan fingerprint density at radius 2 is 1.71 bits per heavy atom. The van der Waals surface area contributed by atoms with Crippen molar-refractivity contribution < 1.29 is 9.59 Å². The number of carbonyl (C=O) groups is 2. The van der Waals surface area contributed by atoms with Gasteiger partial charge in [0.05, 0.1) is 0 Å². The number of carbonyl (C=O) groups excluding carboxylic acids is 2. The first-order chi connectivity index (χ1) is 6.43. The number of rotatable bonds is 5. The van der Waals surface area contributed by atoms with Gasteiger partial charge in [0, 0.05) is 24.9 Å². The quantitative estimate of drug-likeness (QED) is 0.685. The molecule has 0 bridgehead atoms. The number of hydrogen-bond acceptors (Lipinski definition) is 2. The van der Waals surface area contributed by atoms with Crippen molar-refractivity contribution in [3.63, 3.8) is 0 Å². The van der Waals surface area contributed by atoms with Crippen LogP contribution >= 0.6 is 0 Å². The maximum Gasteiger partial charge on any atom is 0.222 e. The Labute approximate surface area is 85.4 Å². The Morgan fingerprint density at radius 1 is 1.14 bits per heavy atom. The van der Waals surface area contributed by atoms with Crippen molar-refractivity contribution in [3.8, 4) is 0 Å². The first kappa shape index (κ1) is 12.9. The van der Waals surface area contributed by atoms with E-state index in [0.29, 0.717) is 13.0 Å². The molecule has 0 aromatic rings. The molecule has 0 spiro atoms. The van der Waals surface area contributed by atoms with Gasteiger partial charge in [0.1, 0.15) is 0 Å². The maximum absolute atomic E-state index is 11.1. The van der Waals surface area contributed by atoms with Crippen molar-refractivity contribution >= 4 is 11.8 Å². The van der Waals surface area contributed by atoms with Crippen LogP contribution in [0.4, 0.5) is 0 Å². The molecule has 4 nitrogen and oxygen atoms in total. The van der Waals surface area contributed by atoms with E-state index in [1.165, 1.54) is 0 Å². The second-order valence-electron chi connectivity index (χ2n) is 3.92. The van der Waals surface area contributed by atoms with Crippen LogP contribution in [0.3, 0.4) is 0 Å². The molecule has 2 N–H and O–H groups in total. The monoisotopic (exact) mass is 200 g/mol. The Bertz CT molecular complexity index is 200. The highest BCUT2D eigenvalue weighted by Crippen LogP contribution is 1.90. The first-order valence-electron chi connectivity index (χ1n) is 5.00. The van der Waals surface area contributed by atoms with Crippen LogP contribution in [0, 0.1) is 5.92 Å². The Hall–Kier alpha value is -1.06. The average Bonchev–Trinajstić information content (AvgIpc) is 2.02. The first-order valence-corrected chi connectivity index (χ1v) is 5.00. The van der Waals surface area contributed by atoms with Crippen LogP contribution in [-0.4, -0.2) is 24.4 Å². The Balaban J connectivity index is 3.54. The van der Waals surface area contributed by atoms with Gasteiger partial charge < -0.3 is 10.6 Å². The van der Waals surface area contributed by atoms with Gasteiger partial charge in [-0.05, 0) is 13.8 Å². The zero-order valence-corrected chi connectivity index (χ0v) is 9.39. The van der Waals surface area contributed by atoms with Crippen LogP contribution in [-0.2, 0) is 9.59 Å². The third-order valence-corrected chi connectivity index (χ3v) is 1.63. The molecule has 0 rings (SSSR count). The molecule has 0 atom stereocenters. The van der Waals surface area contributed by atoms with Gasteiger partial charge >= 0.3 is 0 Å². The van der Waals surface area contributed by atoms with Gasteiger partial charge in [-0.3, -0.25) is 9.59 Å². The summed E-state index contributed by atoms with van der Waals surface area (Å²) in [6, 6.07) is 0.156. The summed E-state index contributed by atoms with van der Waals surface area (Å²) in [5.41, 5.74) is 0. The molecule has 0 aromatic carbocycles. The minimum atomic E-state index is -0.0249. The molecule has 2 amide bonds. The molecule has 14 heavy (non-hydrogen) atoms. The Morgan fingerprint density at radius 3 is 2.14 bits per heavy atom. The van der Waals surface area contributed by atoms with E-state index in [1.54, 1.807) is 0 Å². The largest absolute Gasteiger partial charge is 0.355 e. The summed E-state index contributed by atoms with van der Waals surface area (Å²) in [4.78, 5) is 22.2. The van der Waals surface area contributed by atoms with Gasteiger partial charge in [-0.2, -0.15) is 0 Å². The summed E-state index contributed by atoms with van der Waals surface area (Å²) in [5.74, 6) is -0.0606. The summed E-state index contributed by atoms with van der Waals surface area (Å²) in [5, 5.41) is 5.44. The molecular formula is C10H20N2O2. The maximum atomic E-state index is 11.1. The predicted molar refractivity (Wildman–Crippen MR) is 55.7 cm³/mol. The summed E-state index contributed by atoms with van der Waals surface area (Å²) < 4.78 is 0. The molecule has 0 aliphatic carbocycles. The van der Waals surface area contributed by atoms with E-state index in [0.717, 1.165) is 0 Å². The molecule has 82 valence electrons. The van der Waals surface area contributed by atoms with Crippen molar-refractivity contribution in [1.82, 2.24) is 10.6 Å². The molecule has 0 aromatic heterocycles. The zero-order chi connectivity index (χ0) is 11.1. The van der Waals surface area contributed by atoms with Crippen LogP contribution in [0.25, 0.3) is 0 Å². The van der Waals surface area contributed by atoms with Crippen molar-refractivity contribution in [3.05, 3.63) is 0 Å². The SMILES string of the molecule is CC(C)NC(=O)CCNC(=O)C(C)C. The minimum Gasteiger partial charge on any atom is -0.355 e. The molecule has 4 heteroatoms. The fourth-order valence-electron chi connectivity index (χ4n) is 0.897. The second-order valence-corrected chi connectivity index (χ2v) is 3.92. The fraction of sp³-hybridized carbons (Fsp3) is 0.800. The predicted octanol–water partition coefficient (Wildman–Crippen LogP) is 0.673. The normalized spacial score (nSPS) is 10.4. The number of amides is 2. The van der Waals surface area contributed by atoms with Gasteiger partial charge in [0.25, 0.3) is 0 Å². The van der Waals surface area contributed by atoms with Crippen LogP contribution < -0.4 is 10.6 Å². The lowest BCUT2D eigenvalue weighted by molar-refractivity contribution is -0.124. The van der Waals surface area contributed by atoms with Crippen LogP contribution in [0.1, 0.15) is 34.1 Å². The van der Waals surface area contributed by atoms with Crippen LogP contribution in [0.5, 0.6) is 0 Å². The fourth-order valence-corrected chi connectivity index (χ4v) is 0.897. The summed E-state index contributed by atoms with van der Waals surface area (Å²) in [6.07, 6.45) is 0.344. The average molecular weight is 200 g/mol. The van der Waals surface area contributed by atoms with Crippen LogP contribution in [0.15, 0.2) is 0 Å². The molecule has 0 radical (unpaired) electrons. The molecule has 0 saturated heterocycles. The number of nitrogens with one attached hydrogen (secondary N) is 2. The van der Waals surface area contributed by atoms with E-state index < -0.39 is 0 Å². The standard InChI is InChI=1S/C10H20N2O2/c1-7(2)10(14)11-6-5-9(13)12-8(3)4/h7-8H,5-6H2,1-4H3,(H,11,14)(H,12,13). The van der Waals surface area contributed by atoms with Crippen LogP contribution in [0.2, 0.25) is 0 Å². The lowest BCUT2D eigenvalue weighted by atomic mass is 10.2. The molecule has 0 saturated carbocycles. The smallest absolute Gasteiger partial charge is 0.222 e. The van der Waals surface area contributed by atoms with Crippen molar-refractivity contribution in [2.24, 2.45) is 5.92 Å². The van der Waals surface area contributed by atoms with E-state index in [4.69, 9.17) is 0 Å². The van der Waals surface area contributed by atoms with E-state index in [-0.39, 0.29) is 23.8 Å². The molecule has 0 unspecified atom stereocenters. The molecular weight excluding hydrogens is 180 g/mol. The van der Waals surface area contributed by atoms with Gasteiger partial charge in [0.2, 0.25) is 11.8 Å². The molecule has 0 aliphatic heterocycles. The highest BCUT2D eigenvalue weighted by atomic mass is 16.2. The summed E-state index contributed by atoms with van der Waals surface area (Å²) in [6.45, 7) is 7.87. The lowest BCUT2D eigenvalue weighted by Gasteiger charge is -2.09. The highest BCUT2D eigenvalue weighted by Gasteiger charge is 2.07. The van der Waals surface area contributed by atoms with Gasteiger partial charge in [-0.1, -0.05) is 13.8 Å². The highest BCUT2D eigenvalue weighted by molar-refractivity contribution is 5.80. The molecule has 0 fully saturated rings. The summed E-state index contributed by atoms with van der Waals surface area (Å²) in [7, 11) is 0. The van der Waals surface area contributed by atoms with Gasteiger partial charge in [-0.15, -0.1) is 0 Å². The summed E-state index contributed by atoms with van der Waals surface area (Å²) >= 11 is 0. The molecule has 0 aliphatic rings. The number of hydrogen-bond donors (Lipinski definition) is 2. The van der Waals surface area contributed by atoms with E-state index >= 15 is 0 Å². The third-order valence-electron chi connectivity index (χ3n) is 1.63. The topological polar surface area (TPSA) is 58.2 Å². The Kier molecular flexibility index (Phi) is 5.92. The minimum absolute atomic E-state index is 0.0117. The van der Waals surface area contributed by atoms with Crippen molar-refractivity contribution in [2.75, 3.05) is 6.54 Å². The second kappa shape index (κ2) is 6.40. The van der Waals surface area contributed by atoms with E-state index in [1.807, 2.05) is 27.7 Å². The molecule has 0 heterocycles. The van der Waals surface area contributed by atoms with Gasteiger partial charge in [0.15, 0.2) is 0 Å². The van der Waals surface area contributed by atoms with E-state index in [9.17, 15) is 9.59 Å². The van der Waals surface area contributed by atoms with E-state index in [2.05, 4.69) is 10.6 Å². The lowest BCUT2D eigenvalue weighted by Crippen LogP contribution is -2.35. The van der Waals surface area contributed by atoms with Crippen molar-refractivity contribution in [2.45, 2.75) is 40.2 Å². The van der Waals surface area contributed by atoms with Gasteiger partial charge in [-0.25, -0.2) is 0 Å². The zero-order valence-electron chi connectivity index (χ0n) is 9.39. The van der Waals surface area contributed by atoms with Crippen molar-refractivity contribution in [1.29, 1.82) is 0 Å². The third kappa shape index (κ3) is 6.46.